The van der Waals surface area contributed by atoms with Crippen molar-refractivity contribution < 1.29 is 22.7 Å². The van der Waals surface area contributed by atoms with Crippen LogP contribution in [0.25, 0.3) is 0 Å². The summed E-state index contributed by atoms with van der Waals surface area (Å²) < 4.78 is 38.0. The first-order valence-corrected chi connectivity index (χ1v) is 12.1. The molecule has 3 rings (SSSR count). The molecule has 1 N–H and O–H groups in total. The summed E-state index contributed by atoms with van der Waals surface area (Å²) in [5.41, 5.74) is 2.00. The van der Waals surface area contributed by atoms with E-state index in [9.17, 15) is 13.2 Å². The normalized spacial score (nSPS) is 15.9. The molecule has 1 amide bonds. The van der Waals surface area contributed by atoms with Crippen LogP contribution in [0, 0.1) is 5.92 Å². The fourth-order valence-electron chi connectivity index (χ4n) is 3.78. The van der Waals surface area contributed by atoms with Gasteiger partial charge in [0.2, 0.25) is 15.9 Å². The Balaban J connectivity index is 1.62. The first kappa shape index (κ1) is 24.1. The molecule has 0 spiro atoms. The van der Waals surface area contributed by atoms with E-state index in [0.29, 0.717) is 24.3 Å². The highest BCUT2D eigenvalue weighted by atomic mass is 32.2. The van der Waals surface area contributed by atoms with E-state index in [-0.39, 0.29) is 35.2 Å². The van der Waals surface area contributed by atoms with Gasteiger partial charge in [-0.3, -0.25) is 4.79 Å². The number of ether oxygens (including phenoxy) is 2. The molecule has 7 nitrogen and oxygen atoms in total. The number of nitrogens with zero attached hydrogens (tertiary/aromatic N) is 1. The monoisotopic (exact) mass is 460 g/mol. The van der Waals surface area contributed by atoms with Crippen LogP contribution in [0.4, 0.5) is 5.69 Å². The Hall–Kier alpha value is -2.58. The quantitative estimate of drug-likeness (QED) is 0.703. The van der Waals surface area contributed by atoms with E-state index in [1.165, 1.54) is 36.2 Å². The number of hydrogen-bond acceptors (Lipinski definition) is 5. The first-order chi connectivity index (χ1) is 15.1. The van der Waals surface area contributed by atoms with Crippen molar-refractivity contribution in [2.75, 3.05) is 32.6 Å². The minimum atomic E-state index is -3.68. The van der Waals surface area contributed by atoms with Crippen LogP contribution in [0.3, 0.4) is 0 Å². The predicted molar refractivity (Wildman–Crippen MR) is 125 cm³/mol. The lowest BCUT2D eigenvalue weighted by Gasteiger charge is -2.30. The van der Waals surface area contributed by atoms with Gasteiger partial charge in [-0.1, -0.05) is 32.9 Å². The van der Waals surface area contributed by atoms with E-state index >= 15 is 0 Å². The highest BCUT2D eigenvalue weighted by Gasteiger charge is 2.32. The van der Waals surface area contributed by atoms with Gasteiger partial charge >= 0.3 is 0 Å². The molecule has 1 aliphatic heterocycles. The van der Waals surface area contributed by atoms with Crippen LogP contribution in [-0.4, -0.2) is 45.9 Å². The van der Waals surface area contributed by atoms with Crippen LogP contribution in [0.2, 0.25) is 0 Å². The van der Waals surface area contributed by atoms with Gasteiger partial charge in [0.05, 0.1) is 19.1 Å². The van der Waals surface area contributed by atoms with Crippen LogP contribution >= 0.6 is 0 Å². The molecule has 2 aromatic carbocycles. The van der Waals surface area contributed by atoms with Crippen molar-refractivity contribution in [2.24, 2.45) is 5.92 Å². The maximum absolute atomic E-state index is 13.1. The molecule has 0 aromatic heterocycles. The number of rotatable bonds is 6. The summed E-state index contributed by atoms with van der Waals surface area (Å²) >= 11 is 0. The highest BCUT2D eigenvalue weighted by Crippen LogP contribution is 2.32. The van der Waals surface area contributed by atoms with E-state index in [4.69, 9.17) is 9.47 Å². The lowest BCUT2D eigenvalue weighted by molar-refractivity contribution is -0.120. The van der Waals surface area contributed by atoms with Crippen molar-refractivity contribution in [3.63, 3.8) is 0 Å². The van der Waals surface area contributed by atoms with Crippen molar-refractivity contribution in [1.29, 1.82) is 0 Å². The first-order valence-electron chi connectivity index (χ1n) is 10.7. The Kier molecular flexibility index (Phi) is 7.15. The molecule has 0 saturated carbocycles. The zero-order valence-corrected chi connectivity index (χ0v) is 20.2. The average molecular weight is 461 g/mol. The Morgan fingerprint density at radius 1 is 0.969 bits per heavy atom. The number of nitrogens with one attached hydrogen (secondary N) is 1. The standard InChI is InChI=1S/C24H32N2O5S/c1-24(2,3)18-6-8-19(9-7-18)25-23(27)17-12-14-26(15-13-17)32(28,29)20-10-11-21(30-4)22(16-20)31-5/h6-11,16-17H,12-15H2,1-5H3,(H,25,27). The summed E-state index contributed by atoms with van der Waals surface area (Å²) in [4.78, 5) is 12.9. The molecular weight excluding hydrogens is 428 g/mol. The molecular formula is C24H32N2O5S. The molecule has 174 valence electrons. The minimum Gasteiger partial charge on any atom is -0.493 e. The largest absolute Gasteiger partial charge is 0.493 e. The average Bonchev–Trinajstić information content (AvgIpc) is 2.78. The lowest BCUT2D eigenvalue weighted by Crippen LogP contribution is -2.41. The zero-order valence-electron chi connectivity index (χ0n) is 19.3. The molecule has 0 atom stereocenters. The molecule has 0 unspecified atom stereocenters. The molecule has 0 aliphatic carbocycles. The Bertz CT molecular complexity index is 1050. The third kappa shape index (κ3) is 5.24. The number of hydrogen-bond donors (Lipinski definition) is 1. The van der Waals surface area contributed by atoms with E-state index < -0.39 is 10.0 Å². The SMILES string of the molecule is COc1ccc(S(=O)(=O)N2CCC(C(=O)Nc3ccc(C(C)(C)C)cc3)CC2)cc1OC. The van der Waals surface area contributed by atoms with Crippen molar-refractivity contribution in [1.82, 2.24) is 4.31 Å². The topological polar surface area (TPSA) is 84.9 Å². The van der Waals surface area contributed by atoms with Crippen LogP contribution in [0.1, 0.15) is 39.2 Å². The molecule has 1 heterocycles. The van der Waals surface area contributed by atoms with Gasteiger partial charge in [-0.2, -0.15) is 4.31 Å². The third-order valence-corrected chi connectivity index (χ3v) is 7.73. The van der Waals surface area contributed by atoms with Crippen molar-refractivity contribution in [3.05, 3.63) is 48.0 Å². The number of anilines is 1. The molecule has 32 heavy (non-hydrogen) atoms. The summed E-state index contributed by atoms with van der Waals surface area (Å²) in [6, 6.07) is 12.4. The highest BCUT2D eigenvalue weighted by molar-refractivity contribution is 7.89. The van der Waals surface area contributed by atoms with Crippen molar-refractivity contribution in [2.45, 2.75) is 43.9 Å². The van der Waals surface area contributed by atoms with Crippen molar-refractivity contribution in [3.8, 4) is 11.5 Å². The minimum absolute atomic E-state index is 0.0504. The number of amides is 1. The predicted octanol–water partition coefficient (Wildman–Crippen LogP) is 4.04. The van der Waals surface area contributed by atoms with E-state index in [2.05, 4.69) is 26.1 Å². The maximum Gasteiger partial charge on any atom is 0.243 e. The number of methoxy groups -OCH3 is 2. The summed E-state index contributed by atoms with van der Waals surface area (Å²) in [7, 11) is -0.712. The molecule has 8 heteroatoms. The van der Waals surface area contributed by atoms with Crippen molar-refractivity contribution >= 4 is 21.6 Å². The Morgan fingerprint density at radius 3 is 2.09 bits per heavy atom. The van der Waals surface area contributed by atoms with Gasteiger partial charge in [-0.05, 0) is 48.1 Å². The Labute approximate surface area is 190 Å². The molecule has 1 aliphatic rings. The second-order valence-corrected chi connectivity index (χ2v) is 10.9. The third-order valence-electron chi connectivity index (χ3n) is 5.84. The van der Waals surface area contributed by atoms with Crippen LogP contribution in [0.15, 0.2) is 47.4 Å². The number of benzene rings is 2. The summed E-state index contributed by atoms with van der Waals surface area (Å²) in [5, 5.41) is 2.97. The van der Waals surface area contributed by atoms with Gasteiger partial charge < -0.3 is 14.8 Å². The van der Waals surface area contributed by atoms with Gasteiger partial charge in [0.15, 0.2) is 11.5 Å². The van der Waals surface area contributed by atoms with Gasteiger partial charge in [0, 0.05) is 30.8 Å². The second kappa shape index (κ2) is 9.50. The Morgan fingerprint density at radius 2 is 1.56 bits per heavy atom. The zero-order chi connectivity index (χ0) is 23.5. The summed E-state index contributed by atoms with van der Waals surface area (Å²) in [6.07, 6.45) is 0.941. The van der Waals surface area contributed by atoms with Crippen LogP contribution < -0.4 is 14.8 Å². The number of carbonyl (C=O) groups excluding carboxylic acids is 1. The number of sulfonamides is 1. The fourth-order valence-corrected chi connectivity index (χ4v) is 5.27. The molecule has 0 bridgehead atoms. The van der Waals surface area contributed by atoms with E-state index in [0.717, 1.165) is 5.69 Å². The summed E-state index contributed by atoms with van der Waals surface area (Å²) in [6.45, 7) is 7.01. The number of carbonyl (C=O) groups is 1. The molecule has 0 radical (unpaired) electrons. The van der Waals surface area contributed by atoms with E-state index in [1.54, 1.807) is 6.07 Å². The van der Waals surface area contributed by atoms with Crippen LogP contribution in [-0.2, 0) is 20.2 Å². The lowest BCUT2D eigenvalue weighted by atomic mass is 9.87. The number of piperidine rings is 1. The van der Waals surface area contributed by atoms with Gasteiger partial charge in [-0.15, -0.1) is 0 Å². The molecule has 1 saturated heterocycles. The van der Waals surface area contributed by atoms with Gasteiger partial charge in [0.25, 0.3) is 0 Å². The van der Waals surface area contributed by atoms with E-state index in [1.807, 2.05) is 24.3 Å². The smallest absolute Gasteiger partial charge is 0.243 e. The van der Waals surface area contributed by atoms with Crippen LogP contribution in [0.5, 0.6) is 11.5 Å². The molecule has 2 aromatic rings. The summed E-state index contributed by atoms with van der Waals surface area (Å²) in [5.74, 6) is 0.531. The van der Waals surface area contributed by atoms with Gasteiger partial charge in [0.1, 0.15) is 0 Å². The van der Waals surface area contributed by atoms with Gasteiger partial charge in [-0.25, -0.2) is 8.42 Å². The second-order valence-electron chi connectivity index (χ2n) is 9.01. The molecule has 1 fully saturated rings. The maximum atomic E-state index is 13.1. The fraction of sp³-hybridized carbons (Fsp3) is 0.458.